The highest BCUT2D eigenvalue weighted by Gasteiger charge is 2.29. The van der Waals surface area contributed by atoms with Crippen LogP contribution in [-0.2, 0) is 14.3 Å². The topological polar surface area (TPSA) is 88.0 Å². The number of aryl methyl sites for hydroxylation is 1. The third-order valence-electron chi connectivity index (χ3n) is 7.00. The number of piperidine rings is 1. The minimum absolute atomic E-state index is 0.00633. The highest BCUT2D eigenvalue weighted by atomic mass is 35.5. The molecule has 4 rings (SSSR count). The second kappa shape index (κ2) is 13.0. The molecule has 0 N–H and O–H groups in total. The predicted molar refractivity (Wildman–Crippen MR) is 159 cm³/mol. The molecule has 1 aliphatic rings. The van der Waals surface area contributed by atoms with E-state index in [4.69, 9.17) is 21.3 Å². The van der Waals surface area contributed by atoms with E-state index >= 15 is 0 Å². The molecular formula is C31H33ClFN5O3. The third-order valence-corrected chi connectivity index (χ3v) is 7.29. The van der Waals surface area contributed by atoms with Gasteiger partial charge < -0.3 is 9.64 Å². The van der Waals surface area contributed by atoms with Crippen LogP contribution in [0.5, 0.6) is 0 Å². The maximum atomic E-state index is 14.9. The van der Waals surface area contributed by atoms with E-state index in [0.29, 0.717) is 49.3 Å². The van der Waals surface area contributed by atoms with Crippen LogP contribution in [0.4, 0.5) is 15.9 Å². The number of hydrogen-bond donors (Lipinski definition) is 0. The van der Waals surface area contributed by atoms with Crippen molar-refractivity contribution in [3.8, 4) is 11.3 Å². The third kappa shape index (κ3) is 6.30. The predicted octanol–water partition coefficient (Wildman–Crippen LogP) is 6.23. The zero-order valence-corrected chi connectivity index (χ0v) is 24.4. The van der Waals surface area contributed by atoms with Crippen LogP contribution in [0.15, 0.2) is 60.2 Å². The number of anilines is 2. The lowest BCUT2D eigenvalue weighted by Crippen LogP contribution is -2.40. The van der Waals surface area contributed by atoms with Crippen LogP contribution in [0.25, 0.3) is 11.3 Å². The molecule has 214 valence electrons. The van der Waals surface area contributed by atoms with E-state index in [1.165, 1.54) is 17.0 Å². The zero-order chi connectivity index (χ0) is 29.7. The summed E-state index contributed by atoms with van der Waals surface area (Å²) in [5, 5.41) is 0.169. The van der Waals surface area contributed by atoms with Crippen molar-refractivity contribution in [2.75, 3.05) is 25.0 Å². The van der Waals surface area contributed by atoms with E-state index in [1.54, 1.807) is 42.4 Å². The highest BCUT2D eigenvalue weighted by Crippen LogP contribution is 2.38. The fraction of sp³-hybridized carbons (Fsp3) is 0.323. The van der Waals surface area contributed by atoms with E-state index in [-0.39, 0.29) is 45.9 Å². The Labute approximate surface area is 244 Å². The molecule has 0 aliphatic carbocycles. The number of likely N-dealkylation sites (tertiary alicyclic amines) is 1. The first-order chi connectivity index (χ1) is 19.7. The molecule has 8 nitrogen and oxygen atoms in total. The normalized spacial score (nSPS) is 14.2. The van der Waals surface area contributed by atoms with Crippen molar-refractivity contribution in [2.45, 2.75) is 45.6 Å². The van der Waals surface area contributed by atoms with Crippen molar-refractivity contribution in [1.29, 1.82) is 0 Å². The van der Waals surface area contributed by atoms with E-state index in [2.05, 4.69) is 16.6 Å². The average molecular weight is 578 g/mol. The molecule has 1 saturated heterocycles. The summed E-state index contributed by atoms with van der Waals surface area (Å²) in [5.41, 5.74) is 2.81. The number of carbonyl (C=O) groups excluding carboxylic acids is 2. The van der Waals surface area contributed by atoms with Crippen molar-refractivity contribution >= 4 is 41.3 Å². The second-order valence-corrected chi connectivity index (χ2v) is 10.4. The van der Waals surface area contributed by atoms with Crippen molar-refractivity contribution < 1.29 is 18.7 Å². The summed E-state index contributed by atoms with van der Waals surface area (Å²) in [5.74, 6) is -0.222. The van der Waals surface area contributed by atoms with Gasteiger partial charge >= 0.3 is 0 Å². The van der Waals surface area contributed by atoms with Gasteiger partial charge in [-0.1, -0.05) is 44.2 Å². The number of halogens is 2. The second-order valence-electron chi connectivity index (χ2n) is 10.0. The molecule has 0 atom stereocenters. The van der Waals surface area contributed by atoms with Crippen molar-refractivity contribution in [3.63, 3.8) is 0 Å². The Morgan fingerprint density at radius 2 is 1.98 bits per heavy atom. The molecular weight excluding hydrogens is 545 g/mol. The van der Waals surface area contributed by atoms with Crippen LogP contribution < -0.4 is 4.90 Å². The molecule has 0 spiro atoms. The summed E-state index contributed by atoms with van der Waals surface area (Å²) < 4.78 is 21.2. The lowest BCUT2D eigenvalue weighted by Gasteiger charge is -2.32. The van der Waals surface area contributed by atoms with Crippen molar-refractivity contribution in [1.82, 2.24) is 14.9 Å². The molecule has 1 aliphatic heterocycles. The van der Waals surface area contributed by atoms with E-state index in [9.17, 15) is 14.0 Å². The Hall–Kier alpha value is -4.11. The highest BCUT2D eigenvalue weighted by molar-refractivity contribution is 6.33. The smallest absolute Gasteiger partial charge is 0.245 e. The standard InChI is InChI=1S/C31H33ClFN5O3/c1-6-26(40)37-15-12-21(13-16-37)41-31(34-5)23-17-24(32)28(22-9-7-8-10-25(22)33)36-30(23)38(18-39)29-20(4)11-14-35-27(29)19(2)3/h6-11,14,17-19,21H,1,12-13,15-16H2,2-5H3/b34-31+. The maximum absolute atomic E-state index is 14.9. The quantitative estimate of drug-likeness (QED) is 0.137. The summed E-state index contributed by atoms with van der Waals surface area (Å²) in [6.07, 6.45) is 4.59. The minimum atomic E-state index is -0.500. The van der Waals surface area contributed by atoms with Gasteiger partial charge in [-0.15, -0.1) is 0 Å². The van der Waals surface area contributed by atoms with Crippen LogP contribution in [0.2, 0.25) is 5.02 Å². The monoisotopic (exact) mass is 577 g/mol. The molecule has 10 heteroatoms. The first kappa shape index (κ1) is 29.9. The summed E-state index contributed by atoms with van der Waals surface area (Å²) in [4.78, 5) is 41.7. The van der Waals surface area contributed by atoms with Gasteiger partial charge in [0.2, 0.25) is 18.2 Å². The molecule has 0 unspecified atom stereocenters. The molecule has 0 radical (unpaired) electrons. The van der Waals surface area contributed by atoms with Crippen LogP contribution in [0.1, 0.15) is 49.4 Å². The Kier molecular flexibility index (Phi) is 9.50. The molecule has 2 aromatic heterocycles. The van der Waals surface area contributed by atoms with Gasteiger partial charge in [0.1, 0.15) is 11.9 Å². The summed E-state index contributed by atoms with van der Waals surface area (Å²) >= 11 is 6.72. The number of aliphatic imine (C=N–C) groups is 1. The zero-order valence-electron chi connectivity index (χ0n) is 23.6. The molecule has 0 bridgehead atoms. The summed E-state index contributed by atoms with van der Waals surface area (Å²) in [6, 6.07) is 9.59. The van der Waals surface area contributed by atoms with Gasteiger partial charge in [0.25, 0.3) is 0 Å². The van der Waals surface area contributed by atoms with Gasteiger partial charge in [-0.2, -0.15) is 0 Å². The first-order valence-corrected chi connectivity index (χ1v) is 13.8. The number of benzene rings is 1. The summed E-state index contributed by atoms with van der Waals surface area (Å²) in [7, 11) is 1.58. The number of aromatic nitrogens is 2. The Balaban J connectivity index is 1.85. The number of pyridine rings is 2. The van der Waals surface area contributed by atoms with E-state index in [1.807, 2.05) is 26.8 Å². The van der Waals surface area contributed by atoms with E-state index < -0.39 is 5.82 Å². The van der Waals surface area contributed by atoms with Crippen LogP contribution >= 0.6 is 11.6 Å². The summed E-state index contributed by atoms with van der Waals surface area (Å²) in [6.45, 7) is 10.4. The van der Waals surface area contributed by atoms with Gasteiger partial charge in [0.05, 0.1) is 27.7 Å². The van der Waals surface area contributed by atoms with Crippen LogP contribution in [0, 0.1) is 12.7 Å². The fourth-order valence-electron chi connectivity index (χ4n) is 4.90. The molecule has 3 aromatic rings. The molecule has 41 heavy (non-hydrogen) atoms. The number of amides is 2. The van der Waals surface area contributed by atoms with Gasteiger partial charge in [0.15, 0.2) is 5.82 Å². The fourth-order valence-corrected chi connectivity index (χ4v) is 5.15. The van der Waals surface area contributed by atoms with Gasteiger partial charge in [-0.25, -0.2) is 9.37 Å². The molecule has 1 aromatic carbocycles. The lowest BCUT2D eigenvalue weighted by atomic mass is 10.0. The minimum Gasteiger partial charge on any atom is -0.474 e. The average Bonchev–Trinajstić information content (AvgIpc) is 2.97. The maximum Gasteiger partial charge on any atom is 0.245 e. The molecule has 1 fully saturated rings. The largest absolute Gasteiger partial charge is 0.474 e. The molecule has 3 heterocycles. The molecule has 2 amide bonds. The van der Waals surface area contributed by atoms with Gasteiger partial charge in [0, 0.05) is 44.7 Å². The number of ether oxygens (including phenoxy) is 1. The number of hydrogen-bond acceptors (Lipinski definition) is 6. The van der Waals surface area contributed by atoms with Crippen LogP contribution in [0.3, 0.4) is 0 Å². The first-order valence-electron chi connectivity index (χ1n) is 13.4. The Bertz CT molecular complexity index is 1480. The van der Waals surface area contributed by atoms with Gasteiger partial charge in [-0.3, -0.25) is 24.5 Å². The van der Waals surface area contributed by atoms with Crippen molar-refractivity contribution in [3.05, 3.63) is 82.9 Å². The molecule has 0 saturated carbocycles. The van der Waals surface area contributed by atoms with Crippen LogP contribution in [-0.4, -0.2) is 59.3 Å². The van der Waals surface area contributed by atoms with E-state index in [0.717, 1.165) is 5.56 Å². The van der Waals surface area contributed by atoms with Crippen molar-refractivity contribution in [2.24, 2.45) is 4.99 Å². The lowest BCUT2D eigenvalue weighted by molar-refractivity contribution is -0.127. The Morgan fingerprint density at radius 1 is 1.27 bits per heavy atom. The number of rotatable bonds is 8. The Morgan fingerprint density at radius 3 is 2.59 bits per heavy atom. The number of nitrogens with zero attached hydrogens (tertiary/aromatic N) is 5. The SMILES string of the molecule is C=CC(=O)N1CCC(O/C(=N/C)c2cc(Cl)c(-c3ccccc3F)nc2N(C=O)c2c(C)ccnc2C(C)C)CC1. The van der Waals surface area contributed by atoms with Gasteiger partial charge in [-0.05, 0) is 48.7 Å². The number of carbonyl (C=O) groups is 2.